The first-order chi connectivity index (χ1) is 17.4. The van der Waals surface area contributed by atoms with E-state index in [-0.39, 0.29) is 0 Å². The van der Waals surface area contributed by atoms with Gasteiger partial charge in [-0.25, -0.2) is 0 Å². The lowest BCUT2D eigenvalue weighted by Crippen LogP contribution is -2.50. The molecule has 0 amide bonds. The van der Waals surface area contributed by atoms with Crippen molar-refractivity contribution in [1.82, 2.24) is 0 Å². The molecule has 208 valence electrons. The Balaban J connectivity index is 1.18. The van der Waals surface area contributed by atoms with E-state index in [2.05, 4.69) is 40.7 Å². The Morgan fingerprint density at radius 3 is 2.03 bits per heavy atom. The van der Waals surface area contributed by atoms with Crippen molar-refractivity contribution in [2.45, 2.75) is 169 Å². The number of rotatable bonds is 14. The summed E-state index contributed by atoms with van der Waals surface area (Å²) in [6.07, 6.45) is 34.0. The Hall–Kier alpha value is -0.260. The third-order valence-electron chi connectivity index (χ3n) is 12.7. The molecule has 0 heteroatoms. The first-order valence-corrected chi connectivity index (χ1v) is 17.1. The van der Waals surface area contributed by atoms with Gasteiger partial charge in [-0.3, -0.25) is 0 Å². The van der Waals surface area contributed by atoms with Crippen molar-refractivity contribution < 1.29 is 0 Å². The fraction of sp³-hybridized carbons (Fsp3) is 0.944. The fourth-order valence-electron chi connectivity index (χ4n) is 10.1. The fourth-order valence-corrected chi connectivity index (χ4v) is 10.1. The zero-order valence-corrected chi connectivity index (χ0v) is 25.4. The molecule has 4 aliphatic carbocycles. The molecule has 4 aliphatic rings. The molecule has 0 heterocycles. The van der Waals surface area contributed by atoms with Crippen molar-refractivity contribution in [2.75, 3.05) is 0 Å². The van der Waals surface area contributed by atoms with Crippen LogP contribution in [0, 0.1) is 46.3 Å². The van der Waals surface area contributed by atoms with Crippen LogP contribution in [-0.2, 0) is 0 Å². The van der Waals surface area contributed by atoms with Crippen molar-refractivity contribution in [1.29, 1.82) is 0 Å². The van der Waals surface area contributed by atoms with Crippen molar-refractivity contribution in [3.05, 3.63) is 11.6 Å². The minimum atomic E-state index is 0.545. The summed E-state index contributed by atoms with van der Waals surface area (Å²) in [6.45, 7) is 12.7. The first-order valence-electron chi connectivity index (χ1n) is 17.1. The summed E-state index contributed by atoms with van der Waals surface area (Å²) in [4.78, 5) is 0. The summed E-state index contributed by atoms with van der Waals surface area (Å²) < 4.78 is 0. The molecule has 0 N–H and O–H groups in total. The van der Waals surface area contributed by atoms with E-state index in [1.54, 1.807) is 12.8 Å². The zero-order valence-electron chi connectivity index (χ0n) is 25.4. The number of unbranched alkanes of at least 4 members (excludes halogenated alkanes) is 11. The topological polar surface area (TPSA) is 0 Å². The quantitative estimate of drug-likeness (QED) is 0.166. The van der Waals surface area contributed by atoms with Crippen LogP contribution in [0.25, 0.3) is 0 Å². The summed E-state index contributed by atoms with van der Waals surface area (Å²) in [5.41, 5.74) is 3.10. The highest BCUT2D eigenvalue weighted by Gasteiger charge is 2.58. The average molecular weight is 497 g/mol. The number of hydrogen-bond donors (Lipinski definition) is 0. The summed E-state index contributed by atoms with van der Waals surface area (Å²) in [7, 11) is 0. The molecule has 0 aromatic rings. The van der Waals surface area contributed by atoms with Gasteiger partial charge in [0, 0.05) is 0 Å². The van der Waals surface area contributed by atoms with Gasteiger partial charge in [-0.2, -0.15) is 0 Å². The van der Waals surface area contributed by atoms with Crippen LogP contribution in [0.4, 0.5) is 0 Å². The van der Waals surface area contributed by atoms with Crippen LogP contribution < -0.4 is 0 Å². The molecular formula is C36H64. The maximum Gasteiger partial charge on any atom is -0.00851 e. The molecule has 0 spiro atoms. The van der Waals surface area contributed by atoms with Crippen LogP contribution >= 0.6 is 0 Å². The van der Waals surface area contributed by atoms with Crippen LogP contribution in [0.1, 0.15) is 169 Å². The second-order valence-electron chi connectivity index (χ2n) is 15.0. The van der Waals surface area contributed by atoms with Crippen LogP contribution in [-0.4, -0.2) is 0 Å². The smallest absolute Gasteiger partial charge is 0.00851 e. The highest BCUT2D eigenvalue weighted by Crippen LogP contribution is 2.67. The van der Waals surface area contributed by atoms with Gasteiger partial charge in [0.2, 0.25) is 0 Å². The van der Waals surface area contributed by atoms with Crippen molar-refractivity contribution in [2.24, 2.45) is 46.3 Å². The average Bonchev–Trinajstić information content (AvgIpc) is 3.20. The molecule has 0 bridgehead atoms. The summed E-state index contributed by atoms with van der Waals surface area (Å²) in [5.74, 6) is 5.85. The minimum absolute atomic E-state index is 0.545. The zero-order chi connectivity index (χ0) is 25.6. The minimum Gasteiger partial charge on any atom is -0.0845 e. The van der Waals surface area contributed by atoms with Crippen molar-refractivity contribution >= 4 is 0 Å². The molecule has 0 saturated heterocycles. The highest BCUT2D eigenvalue weighted by molar-refractivity contribution is 5.25. The van der Waals surface area contributed by atoms with Gasteiger partial charge in [0.1, 0.15) is 0 Å². The van der Waals surface area contributed by atoms with Crippen LogP contribution in [0.2, 0.25) is 0 Å². The Bertz CT molecular complexity index is 686. The van der Waals surface area contributed by atoms with E-state index in [1.165, 1.54) is 122 Å². The third-order valence-corrected chi connectivity index (χ3v) is 12.7. The first kappa shape index (κ1) is 28.7. The standard InChI is InChI=1S/C36H64/c1-6-7-8-9-10-11-12-13-14-15-16-17-18-30-20-22-33-32-21-19-31-27-29(28(2)3)23-25-36(31,5)34(32)24-26-35(30,33)4/h19,28-30,32-34H,6-18,20-27H2,1-5H3. The third kappa shape index (κ3) is 6.30. The SMILES string of the molecule is CCCCCCCCCCCCCCC1CCC2C3CC=C4CC(C(C)C)CCC4(C)C3CCC12C. The van der Waals surface area contributed by atoms with E-state index in [9.17, 15) is 0 Å². The predicted octanol–water partition coefficient (Wildman–Crippen LogP) is 11.9. The monoisotopic (exact) mass is 497 g/mol. The molecule has 0 aromatic carbocycles. The van der Waals surface area contributed by atoms with Gasteiger partial charge in [0.25, 0.3) is 0 Å². The van der Waals surface area contributed by atoms with Crippen LogP contribution in [0.15, 0.2) is 11.6 Å². The second kappa shape index (κ2) is 13.2. The normalized spacial score (nSPS) is 37.9. The van der Waals surface area contributed by atoms with Gasteiger partial charge in [0.15, 0.2) is 0 Å². The molecule has 0 aromatic heterocycles. The van der Waals surface area contributed by atoms with E-state index in [4.69, 9.17) is 0 Å². The molecule has 3 saturated carbocycles. The molecule has 7 unspecified atom stereocenters. The Labute approximate surface area is 227 Å². The van der Waals surface area contributed by atoms with Gasteiger partial charge in [0.05, 0.1) is 0 Å². The largest absolute Gasteiger partial charge is 0.0845 e. The van der Waals surface area contributed by atoms with Gasteiger partial charge in [-0.15, -0.1) is 0 Å². The van der Waals surface area contributed by atoms with E-state index in [0.717, 1.165) is 35.5 Å². The molecule has 0 aliphatic heterocycles. The lowest BCUT2D eigenvalue weighted by Gasteiger charge is -2.58. The number of hydrogen-bond acceptors (Lipinski definition) is 0. The highest BCUT2D eigenvalue weighted by atomic mass is 14.6. The summed E-state index contributed by atoms with van der Waals surface area (Å²) in [6, 6.07) is 0. The summed E-state index contributed by atoms with van der Waals surface area (Å²) >= 11 is 0. The Kier molecular flexibility index (Phi) is 10.5. The maximum atomic E-state index is 2.79. The van der Waals surface area contributed by atoms with Crippen molar-refractivity contribution in [3.63, 3.8) is 0 Å². The Morgan fingerprint density at radius 2 is 1.39 bits per heavy atom. The molecule has 7 atom stereocenters. The van der Waals surface area contributed by atoms with Gasteiger partial charge in [-0.05, 0) is 104 Å². The Morgan fingerprint density at radius 1 is 0.750 bits per heavy atom. The number of allylic oxidation sites excluding steroid dienone is 2. The predicted molar refractivity (Wildman–Crippen MR) is 159 cm³/mol. The van der Waals surface area contributed by atoms with Crippen molar-refractivity contribution in [3.8, 4) is 0 Å². The van der Waals surface area contributed by atoms with Gasteiger partial charge >= 0.3 is 0 Å². The van der Waals surface area contributed by atoms with E-state index in [0.29, 0.717) is 10.8 Å². The van der Waals surface area contributed by atoms with Crippen LogP contribution in [0.3, 0.4) is 0 Å². The molecular weight excluding hydrogens is 432 g/mol. The lowest BCUT2D eigenvalue weighted by molar-refractivity contribution is -0.0469. The van der Waals surface area contributed by atoms with Crippen LogP contribution in [0.5, 0.6) is 0 Å². The molecule has 0 radical (unpaired) electrons. The molecule has 3 fully saturated rings. The van der Waals surface area contributed by atoms with E-state index < -0.39 is 0 Å². The van der Waals surface area contributed by atoms with Gasteiger partial charge in [-0.1, -0.05) is 123 Å². The molecule has 0 nitrogen and oxygen atoms in total. The summed E-state index contributed by atoms with van der Waals surface area (Å²) in [5, 5.41) is 0. The molecule has 4 rings (SSSR count). The lowest BCUT2D eigenvalue weighted by atomic mass is 9.46. The maximum absolute atomic E-state index is 2.79. The van der Waals surface area contributed by atoms with Gasteiger partial charge < -0.3 is 0 Å². The number of fused-ring (bicyclic) bond motifs is 5. The van der Waals surface area contributed by atoms with E-state index >= 15 is 0 Å². The molecule has 36 heavy (non-hydrogen) atoms. The van der Waals surface area contributed by atoms with E-state index in [1.807, 2.05) is 5.57 Å². The second-order valence-corrected chi connectivity index (χ2v) is 15.0.